The van der Waals surface area contributed by atoms with Gasteiger partial charge in [0.05, 0.1) is 0 Å². The second kappa shape index (κ2) is 14.5. The van der Waals surface area contributed by atoms with Crippen LogP contribution >= 0.6 is 0 Å². The highest BCUT2D eigenvalue weighted by atomic mass is 14.1. The number of hydrogen-bond acceptors (Lipinski definition) is 0. The van der Waals surface area contributed by atoms with Crippen molar-refractivity contribution < 1.29 is 0 Å². The highest BCUT2D eigenvalue weighted by Crippen LogP contribution is 2.21. The van der Waals surface area contributed by atoms with Crippen LogP contribution in [0.15, 0.2) is 91.0 Å². The first-order chi connectivity index (χ1) is 15.9. The fourth-order valence-electron chi connectivity index (χ4n) is 4.45. The second-order valence-electron chi connectivity index (χ2n) is 8.92. The second-order valence-corrected chi connectivity index (χ2v) is 8.92. The van der Waals surface area contributed by atoms with Gasteiger partial charge in [0, 0.05) is 0 Å². The summed E-state index contributed by atoms with van der Waals surface area (Å²) in [7, 11) is 0. The maximum Gasteiger partial charge on any atom is -0.0152 e. The summed E-state index contributed by atoms with van der Waals surface area (Å²) in [5.41, 5.74) is 1.53. The maximum atomic E-state index is 2.30. The molecule has 0 aromatic heterocycles. The molecular formula is C32H40. The summed E-state index contributed by atoms with van der Waals surface area (Å²) in [6, 6.07) is 32.2. The first-order valence-corrected chi connectivity index (χ1v) is 12.8. The zero-order valence-electron chi connectivity index (χ0n) is 19.9. The molecule has 0 bridgehead atoms. The molecule has 0 heterocycles. The monoisotopic (exact) mass is 424 g/mol. The summed E-state index contributed by atoms with van der Waals surface area (Å²) in [6.07, 6.45) is 15.4. The van der Waals surface area contributed by atoms with Gasteiger partial charge in [0.15, 0.2) is 0 Å². The van der Waals surface area contributed by atoms with Gasteiger partial charge in [-0.05, 0) is 39.9 Å². The maximum absolute atomic E-state index is 2.30. The Bertz CT molecular complexity index is 959. The van der Waals surface area contributed by atoms with Crippen LogP contribution in [-0.2, 0) is 6.42 Å². The molecule has 0 heteroatoms. The van der Waals surface area contributed by atoms with E-state index in [1.165, 1.54) is 97.7 Å². The Hall–Kier alpha value is -2.60. The van der Waals surface area contributed by atoms with E-state index < -0.39 is 0 Å². The van der Waals surface area contributed by atoms with E-state index in [0.29, 0.717) is 0 Å². The number of aryl methyl sites for hydroxylation is 1. The molecule has 4 aromatic rings. The van der Waals surface area contributed by atoms with Gasteiger partial charge in [-0.15, -0.1) is 0 Å². The lowest BCUT2D eigenvalue weighted by atomic mass is 9.99. The number of unbranched alkanes of at least 4 members (excludes halogenated alkanes) is 9. The van der Waals surface area contributed by atoms with E-state index in [-0.39, 0.29) is 0 Å². The predicted molar refractivity (Wildman–Crippen MR) is 143 cm³/mol. The molecule has 0 unspecified atom stereocenters. The van der Waals surface area contributed by atoms with Crippen molar-refractivity contribution in [1.82, 2.24) is 0 Å². The van der Waals surface area contributed by atoms with Crippen molar-refractivity contribution in [3.8, 4) is 0 Å². The third kappa shape index (κ3) is 8.15. The van der Waals surface area contributed by atoms with Crippen LogP contribution < -0.4 is 0 Å². The summed E-state index contributed by atoms with van der Waals surface area (Å²) in [6.45, 7) is 2.29. The molecule has 0 amide bonds. The zero-order valence-corrected chi connectivity index (χ0v) is 19.9. The minimum Gasteiger partial charge on any atom is -0.0654 e. The Morgan fingerprint density at radius 2 is 0.844 bits per heavy atom. The van der Waals surface area contributed by atoms with Gasteiger partial charge in [0.1, 0.15) is 0 Å². The summed E-state index contributed by atoms with van der Waals surface area (Å²) in [5.74, 6) is 0. The van der Waals surface area contributed by atoms with Gasteiger partial charge in [-0.3, -0.25) is 0 Å². The highest BCUT2D eigenvalue weighted by Gasteiger charge is 2.00. The van der Waals surface area contributed by atoms with Gasteiger partial charge in [0.2, 0.25) is 0 Å². The molecule has 0 spiro atoms. The fraction of sp³-hybridized carbons (Fsp3) is 0.375. The first-order valence-electron chi connectivity index (χ1n) is 12.8. The average molecular weight is 425 g/mol. The molecule has 0 fully saturated rings. The van der Waals surface area contributed by atoms with Gasteiger partial charge in [-0.25, -0.2) is 0 Å². The van der Waals surface area contributed by atoms with E-state index in [9.17, 15) is 0 Å². The Balaban J connectivity index is 0.000000238. The number of hydrogen-bond donors (Lipinski definition) is 0. The summed E-state index contributed by atoms with van der Waals surface area (Å²) in [4.78, 5) is 0. The summed E-state index contributed by atoms with van der Waals surface area (Å²) in [5, 5.41) is 5.45. The van der Waals surface area contributed by atoms with Gasteiger partial charge < -0.3 is 0 Å². The van der Waals surface area contributed by atoms with Crippen LogP contribution in [0.4, 0.5) is 0 Å². The number of benzene rings is 4. The van der Waals surface area contributed by atoms with E-state index >= 15 is 0 Å². The Morgan fingerprint density at radius 1 is 0.406 bits per heavy atom. The van der Waals surface area contributed by atoms with Gasteiger partial charge in [-0.2, -0.15) is 0 Å². The van der Waals surface area contributed by atoms with Crippen LogP contribution in [-0.4, -0.2) is 0 Å². The minimum atomic E-state index is 1.23. The van der Waals surface area contributed by atoms with E-state index in [1.54, 1.807) is 0 Å². The van der Waals surface area contributed by atoms with Crippen LogP contribution in [0.2, 0.25) is 0 Å². The molecule has 0 saturated heterocycles. The molecule has 4 rings (SSSR count). The van der Waals surface area contributed by atoms with E-state index in [1.807, 2.05) is 0 Å². The van der Waals surface area contributed by atoms with Gasteiger partial charge in [-0.1, -0.05) is 156 Å². The molecule has 4 aromatic carbocycles. The molecule has 32 heavy (non-hydrogen) atoms. The van der Waals surface area contributed by atoms with Crippen molar-refractivity contribution in [1.29, 1.82) is 0 Å². The van der Waals surface area contributed by atoms with Gasteiger partial charge in [0.25, 0.3) is 0 Å². The SMILES string of the molecule is CCCCCCCCCCCCc1cccc2ccccc12.c1ccc2ccccc2c1. The normalized spacial score (nSPS) is 10.8. The third-order valence-corrected chi connectivity index (χ3v) is 6.34. The molecule has 0 aliphatic carbocycles. The lowest BCUT2D eigenvalue weighted by Gasteiger charge is -2.06. The first kappa shape index (κ1) is 24.1. The van der Waals surface area contributed by atoms with Crippen molar-refractivity contribution >= 4 is 21.5 Å². The van der Waals surface area contributed by atoms with E-state index in [4.69, 9.17) is 0 Å². The lowest BCUT2D eigenvalue weighted by molar-refractivity contribution is 0.556. The van der Waals surface area contributed by atoms with Crippen molar-refractivity contribution in [2.75, 3.05) is 0 Å². The Kier molecular flexibility index (Phi) is 10.9. The molecule has 168 valence electrons. The molecule has 0 atom stereocenters. The molecule has 0 radical (unpaired) electrons. The topological polar surface area (TPSA) is 0 Å². The van der Waals surface area contributed by atoms with Crippen LogP contribution in [0.5, 0.6) is 0 Å². The van der Waals surface area contributed by atoms with Crippen LogP contribution in [0, 0.1) is 0 Å². The summed E-state index contributed by atoms with van der Waals surface area (Å²) < 4.78 is 0. The molecule has 0 saturated carbocycles. The van der Waals surface area contributed by atoms with Crippen LogP contribution in [0.3, 0.4) is 0 Å². The van der Waals surface area contributed by atoms with Crippen LogP contribution in [0.25, 0.3) is 21.5 Å². The Morgan fingerprint density at radius 3 is 1.41 bits per heavy atom. The predicted octanol–water partition coefficient (Wildman–Crippen LogP) is 10.1. The van der Waals surface area contributed by atoms with Crippen molar-refractivity contribution in [2.45, 2.75) is 77.6 Å². The smallest absolute Gasteiger partial charge is 0.0152 e. The molecule has 0 nitrogen and oxygen atoms in total. The molecule has 0 aliphatic heterocycles. The van der Waals surface area contributed by atoms with Gasteiger partial charge >= 0.3 is 0 Å². The quantitative estimate of drug-likeness (QED) is 0.210. The standard InChI is InChI=1S/C22H32.C10H8/c1-2-3-4-5-6-7-8-9-10-11-15-20-17-14-18-21-16-12-13-19-22(20)21;1-2-6-10-8-4-3-7-9(10)5-1/h12-14,16-19H,2-11,15H2,1H3;1-8H. The van der Waals surface area contributed by atoms with Crippen molar-refractivity contribution in [2.24, 2.45) is 0 Å². The Labute approximate surface area is 195 Å². The highest BCUT2D eigenvalue weighted by molar-refractivity contribution is 5.85. The molecule has 0 N–H and O–H groups in total. The largest absolute Gasteiger partial charge is 0.0654 e. The molecular weight excluding hydrogens is 384 g/mol. The number of fused-ring (bicyclic) bond motifs is 2. The van der Waals surface area contributed by atoms with E-state index in [0.717, 1.165) is 0 Å². The van der Waals surface area contributed by atoms with E-state index in [2.05, 4.69) is 97.9 Å². The zero-order chi connectivity index (χ0) is 22.3. The lowest BCUT2D eigenvalue weighted by Crippen LogP contribution is -1.88. The number of rotatable bonds is 11. The minimum absolute atomic E-state index is 1.23. The third-order valence-electron chi connectivity index (χ3n) is 6.34. The average Bonchev–Trinajstić information content (AvgIpc) is 2.86. The van der Waals surface area contributed by atoms with Crippen LogP contribution in [0.1, 0.15) is 76.7 Å². The molecule has 0 aliphatic rings. The van der Waals surface area contributed by atoms with Crippen molar-refractivity contribution in [3.63, 3.8) is 0 Å². The fourth-order valence-corrected chi connectivity index (χ4v) is 4.45. The summed E-state index contributed by atoms with van der Waals surface area (Å²) >= 11 is 0. The van der Waals surface area contributed by atoms with Crippen molar-refractivity contribution in [3.05, 3.63) is 96.6 Å².